The molecule has 0 spiro atoms. The van der Waals surface area contributed by atoms with Crippen LogP contribution in [0.1, 0.15) is 43.2 Å². The molecule has 1 atom stereocenters. The van der Waals surface area contributed by atoms with E-state index in [1.165, 1.54) is 0 Å². The summed E-state index contributed by atoms with van der Waals surface area (Å²) in [6, 6.07) is 16.8. The quantitative estimate of drug-likeness (QED) is 0.484. The lowest BCUT2D eigenvalue weighted by atomic mass is 10.1. The smallest absolute Gasteiger partial charge is 0.249 e. The third kappa shape index (κ3) is 6.41. The van der Waals surface area contributed by atoms with Crippen LogP contribution in [0.4, 0.5) is 0 Å². The third-order valence-electron chi connectivity index (χ3n) is 4.55. The van der Waals surface area contributed by atoms with E-state index in [1.807, 2.05) is 42.5 Å². The van der Waals surface area contributed by atoms with Gasteiger partial charge in [0.2, 0.25) is 17.6 Å². The molecule has 0 unspecified atom stereocenters. The van der Waals surface area contributed by atoms with Crippen molar-refractivity contribution in [3.8, 4) is 11.4 Å². The summed E-state index contributed by atoms with van der Waals surface area (Å²) in [6.45, 7) is 0.645. The lowest BCUT2D eigenvalue weighted by molar-refractivity contribution is -0.122. The molecular weight excluding hydrogens is 388 g/mol. The van der Waals surface area contributed by atoms with Crippen LogP contribution >= 0.6 is 11.6 Å². The first-order chi connectivity index (χ1) is 14.2. The maximum atomic E-state index is 12.5. The highest BCUT2D eigenvalue weighted by Gasteiger charge is 2.22. The van der Waals surface area contributed by atoms with Crippen molar-refractivity contribution >= 4 is 17.5 Å². The minimum atomic E-state index is -0.403. The number of hydrogen-bond donors (Lipinski definition) is 2. The van der Waals surface area contributed by atoms with Crippen LogP contribution in [0, 0.1) is 0 Å². The van der Waals surface area contributed by atoms with E-state index >= 15 is 0 Å². The molecule has 0 radical (unpaired) electrons. The molecule has 0 aliphatic carbocycles. The number of unbranched alkanes of at least 4 members (excludes halogenated alkanes) is 2. The van der Waals surface area contributed by atoms with Gasteiger partial charge in [0, 0.05) is 23.4 Å². The highest BCUT2D eigenvalue weighted by molar-refractivity contribution is 6.30. The molecule has 0 aliphatic heterocycles. The van der Waals surface area contributed by atoms with Crippen LogP contribution < -0.4 is 11.1 Å². The second kappa shape index (κ2) is 10.7. The Labute approximate surface area is 175 Å². The summed E-state index contributed by atoms with van der Waals surface area (Å²) < 4.78 is 5.50. The van der Waals surface area contributed by atoms with Crippen molar-refractivity contribution in [2.45, 2.75) is 38.1 Å². The molecule has 152 valence electrons. The van der Waals surface area contributed by atoms with Gasteiger partial charge < -0.3 is 15.6 Å². The van der Waals surface area contributed by atoms with Crippen LogP contribution in [0.15, 0.2) is 59.1 Å². The van der Waals surface area contributed by atoms with Gasteiger partial charge in [-0.1, -0.05) is 65.6 Å². The lowest BCUT2D eigenvalue weighted by Gasteiger charge is -2.15. The summed E-state index contributed by atoms with van der Waals surface area (Å²) in [7, 11) is 0. The first-order valence-electron chi connectivity index (χ1n) is 9.78. The molecule has 0 saturated carbocycles. The first-order valence-corrected chi connectivity index (χ1v) is 10.2. The Kier molecular flexibility index (Phi) is 7.78. The number of halogens is 1. The van der Waals surface area contributed by atoms with Crippen molar-refractivity contribution in [2.75, 3.05) is 6.54 Å². The monoisotopic (exact) mass is 412 g/mol. The van der Waals surface area contributed by atoms with E-state index in [-0.39, 0.29) is 5.91 Å². The minimum Gasteiger partial charge on any atom is -0.344 e. The fraction of sp³-hybridized carbons (Fsp3) is 0.318. The van der Waals surface area contributed by atoms with Crippen molar-refractivity contribution in [1.29, 1.82) is 0 Å². The third-order valence-corrected chi connectivity index (χ3v) is 4.78. The molecule has 0 saturated heterocycles. The molecule has 3 aromatic rings. The van der Waals surface area contributed by atoms with Crippen LogP contribution in [0.3, 0.4) is 0 Å². The van der Waals surface area contributed by atoms with Crippen LogP contribution in [-0.4, -0.2) is 22.6 Å². The molecule has 29 heavy (non-hydrogen) atoms. The summed E-state index contributed by atoms with van der Waals surface area (Å²) in [4.78, 5) is 17.0. The first kappa shape index (κ1) is 21.0. The maximum absolute atomic E-state index is 12.5. The number of nitrogens with two attached hydrogens (primary N) is 1. The second-order valence-corrected chi connectivity index (χ2v) is 7.31. The van der Waals surface area contributed by atoms with Gasteiger partial charge in [-0.2, -0.15) is 4.98 Å². The number of nitrogens with zero attached hydrogens (tertiary/aromatic N) is 2. The zero-order valence-electron chi connectivity index (χ0n) is 16.2. The topological polar surface area (TPSA) is 94.0 Å². The molecule has 6 nitrogen and oxygen atoms in total. The normalized spacial score (nSPS) is 11.9. The van der Waals surface area contributed by atoms with Gasteiger partial charge >= 0.3 is 0 Å². The van der Waals surface area contributed by atoms with E-state index in [0.29, 0.717) is 36.1 Å². The van der Waals surface area contributed by atoms with Crippen molar-refractivity contribution in [1.82, 2.24) is 15.5 Å². The molecule has 3 N–H and O–H groups in total. The number of hydrogen-bond acceptors (Lipinski definition) is 5. The molecule has 0 bridgehead atoms. The van der Waals surface area contributed by atoms with Gasteiger partial charge in [0.05, 0.1) is 0 Å². The predicted molar refractivity (Wildman–Crippen MR) is 113 cm³/mol. The Balaban J connectivity index is 1.75. The van der Waals surface area contributed by atoms with Gasteiger partial charge in [-0.3, -0.25) is 4.79 Å². The molecule has 0 fully saturated rings. The summed E-state index contributed by atoms with van der Waals surface area (Å²) in [6.07, 6.45) is 3.67. The largest absolute Gasteiger partial charge is 0.344 e. The van der Waals surface area contributed by atoms with Gasteiger partial charge in [0.15, 0.2) is 0 Å². The average molecular weight is 413 g/mol. The summed E-state index contributed by atoms with van der Waals surface area (Å²) in [5.41, 5.74) is 7.35. The second-order valence-electron chi connectivity index (χ2n) is 6.88. The van der Waals surface area contributed by atoms with Gasteiger partial charge in [-0.05, 0) is 37.1 Å². The highest BCUT2D eigenvalue weighted by atomic mass is 35.5. The summed E-state index contributed by atoms with van der Waals surface area (Å²) in [5.74, 6) is 0.780. The van der Waals surface area contributed by atoms with Crippen LogP contribution in [0.5, 0.6) is 0 Å². The molecule has 1 heterocycles. The molecular formula is C22H25ClN4O2. The molecule has 2 aromatic carbocycles. The van der Waals surface area contributed by atoms with Crippen LogP contribution in [0.2, 0.25) is 5.02 Å². The summed E-state index contributed by atoms with van der Waals surface area (Å²) >= 11 is 6.06. The van der Waals surface area contributed by atoms with Crippen LogP contribution in [-0.2, 0) is 11.2 Å². The maximum Gasteiger partial charge on any atom is 0.249 e. The zero-order valence-corrected chi connectivity index (χ0v) is 16.9. The zero-order chi connectivity index (χ0) is 20.5. The van der Waals surface area contributed by atoms with E-state index in [4.69, 9.17) is 21.9 Å². The van der Waals surface area contributed by atoms with Gasteiger partial charge in [0.25, 0.3) is 0 Å². The van der Waals surface area contributed by atoms with E-state index in [9.17, 15) is 4.79 Å². The number of nitrogens with one attached hydrogen (secondary N) is 1. The van der Waals surface area contributed by atoms with E-state index in [1.54, 1.807) is 12.1 Å². The summed E-state index contributed by atoms with van der Waals surface area (Å²) in [5, 5.41) is 7.71. The van der Waals surface area contributed by atoms with Gasteiger partial charge in [-0.15, -0.1) is 0 Å². The standard InChI is InChI=1S/C22H25ClN4O2/c23-18-11-7-10-17(15-18)21-26-22(29-27-21)19(14-16-8-3-1-4-9-16)25-20(28)12-5-2-6-13-24/h1,3-4,7-11,15,19H,2,5-6,12-14,24H2,(H,25,28)/t19-/m1/s1. The molecule has 7 heteroatoms. The average Bonchev–Trinajstić information content (AvgIpc) is 3.22. The van der Waals surface area contributed by atoms with E-state index in [2.05, 4.69) is 15.5 Å². The van der Waals surface area contributed by atoms with Gasteiger partial charge in [-0.25, -0.2) is 0 Å². The Morgan fingerprint density at radius 3 is 2.69 bits per heavy atom. The number of carbonyl (C=O) groups excluding carboxylic acids is 1. The van der Waals surface area contributed by atoms with E-state index in [0.717, 1.165) is 30.4 Å². The number of aromatic nitrogens is 2. The fourth-order valence-corrected chi connectivity index (χ4v) is 3.23. The molecule has 3 rings (SSSR count). The van der Waals surface area contributed by atoms with Crippen molar-refractivity contribution < 1.29 is 9.32 Å². The SMILES string of the molecule is NCCCCCC(=O)N[C@H](Cc1ccccc1)c1nc(-c2cccc(Cl)c2)no1. The van der Waals surface area contributed by atoms with Crippen molar-refractivity contribution in [3.05, 3.63) is 71.1 Å². The Bertz CT molecular complexity index is 914. The highest BCUT2D eigenvalue weighted by Crippen LogP contribution is 2.23. The Morgan fingerprint density at radius 1 is 1.10 bits per heavy atom. The predicted octanol–water partition coefficient (Wildman–Crippen LogP) is 4.31. The minimum absolute atomic E-state index is 0.0366. The molecule has 1 aromatic heterocycles. The number of rotatable bonds is 10. The molecule has 1 amide bonds. The van der Waals surface area contributed by atoms with E-state index < -0.39 is 6.04 Å². The van der Waals surface area contributed by atoms with Crippen molar-refractivity contribution in [3.63, 3.8) is 0 Å². The number of amides is 1. The van der Waals surface area contributed by atoms with Crippen molar-refractivity contribution in [2.24, 2.45) is 5.73 Å². The number of carbonyl (C=O) groups is 1. The number of benzene rings is 2. The Hall–Kier alpha value is -2.70. The fourth-order valence-electron chi connectivity index (χ4n) is 3.04. The Morgan fingerprint density at radius 2 is 1.93 bits per heavy atom. The lowest BCUT2D eigenvalue weighted by Crippen LogP contribution is -2.30. The molecule has 0 aliphatic rings. The van der Waals surface area contributed by atoms with Crippen LogP contribution in [0.25, 0.3) is 11.4 Å². The van der Waals surface area contributed by atoms with Gasteiger partial charge in [0.1, 0.15) is 6.04 Å².